The number of para-hydroxylation sites is 1. The minimum absolute atomic E-state index is 0.233. The minimum atomic E-state index is -0.695. The highest BCUT2D eigenvalue weighted by Gasteiger charge is 2.18. The lowest BCUT2D eigenvalue weighted by Gasteiger charge is -2.14. The molecule has 23 heavy (non-hydrogen) atoms. The molecule has 0 aliphatic carbocycles. The summed E-state index contributed by atoms with van der Waals surface area (Å²) in [4.78, 5) is 35.3. The zero-order valence-electron chi connectivity index (χ0n) is 13.5. The lowest BCUT2D eigenvalue weighted by Crippen LogP contribution is -2.46. The average Bonchev–Trinajstić information content (AvgIpc) is 2.57. The van der Waals surface area contributed by atoms with E-state index in [9.17, 15) is 14.4 Å². The number of hydrogen-bond acceptors (Lipinski definition) is 5. The molecule has 0 spiro atoms. The maximum absolute atomic E-state index is 11.9. The summed E-state index contributed by atoms with van der Waals surface area (Å²) in [5, 5.41) is 5.13. The molecule has 126 valence electrons. The Morgan fingerprint density at radius 3 is 2.57 bits per heavy atom. The Balaban J connectivity index is 2.46. The molecule has 0 bridgehead atoms. The summed E-state index contributed by atoms with van der Waals surface area (Å²) in [6.07, 6.45) is 0.808. The normalized spacial score (nSPS) is 11.3. The molecule has 1 atom stereocenters. The van der Waals surface area contributed by atoms with Gasteiger partial charge in [-0.2, -0.15) is 0 Å². The summed E-state index contributed by atoms with van der Waals surface area (Å²) in [7, 11) is 1.44. The molecular weight excluding hydrogens is 300 g/mol. The van der Waals surface area contributed by atoms with Crippen LogP contribution in [-0.4, -0.2) is 44.1 Å². The number of carbonyl (C=O) groups is 3. The lowest BCUT2D eigenvalue weighted by atomic mass is 10.2. The first kappa shape index (κ1) is 18.5. The highest BCUT2D eigenvalue weighted by Crippen LogP contribution is 2.17. The van der Waals surface area contributed by atoms with Crippen molar-refractivity contribution in [2.45, 2.75) is 26.3 Å². The zero-order chi connectivity index (χ0) is 17.2. The van der Waals surface area contributed by atoms with Gasteiger partial charge in [0.15, 0.2) is 6.61 Å². The summed E-state index contributed by atoms with van der Waals surface area (Å²) < 4.78 is 9.98. The molecule has 0 aliphatic rings. The number of benzene rings is 1. The van der Waals surface area contributed by atoms with Crippen molar-refractivity contribution in [2.75, 3.05) is 20.3 Å². The summed E-state index contributed by atoms with van der Waals surface area (Å²) in [5.41, 5.74) is 0.233. The Hall–Kier alpha value is -2.57. The largest absolute Gasteiger partial charge is 0.496 e. The Morgan fingerprint density at radius 2 is 1.91 bits per heavy atom. The van der Waals surface area contributed by atoms with E-state index in [1.165, 1.54) is 7.11 Å². The standard InChI is InChI=1S/C16H22N2O5/c1-4-9-17-15(20)11(2)18-14(19)10-23-16(21)12-7-5-6-8-13(12)22-3/h5-8,11H,4,9-10H2,1-3H3,(H,17,20)(H,18,19)/t11-/m1/s1. The molecule has 0 saturated heterocycles. The summed E-state index contributed by atoms with van der Waals surface area (Å²) in [6, 6.07) is 5.86. The van der Waals surface area contributed by atoms with Crippen LogP contribution in [0.25, 0.3) is 0 Å². The topological polar surface area (TPSA) is 93.7 Å². The van der Waals surface area contributed by atoms with Crippen LogP contribution in [0.3, 0.4) is 0 Å². The first-order valence-corrected chi connectivity index (χ1v) is 7.36. The van der Waals surface area contributed by atoms with Crippen LogP contribution >= 0.6 is 0 Å². The molecule has 2 N–H and O–H groups in total. The van der Waals surface area contributed by atoms with Gasteiger partial charge in [-0.3, -0.25) is 9.59 Å². The molecule has 0 fully saturated rings. The van der Waals surface area contributed by atoms with Gasteiger partial charge in [0.05, 0.1) is 7.11 Å². The molecule has 7 nitrogen and oxygen atoms in total. The van der Waals surface area contributed by atoms with Crippen LogP contribution in [0.1, 0.15) is 30.6 Å². The van der Waals surface area contributed by atoms with Crippen LogP contribution in [0.5, 0.6) is 5.75 Å². The van der Waals surface area contributed by atoms with Gasteiger partial charge in [0.1, 0.15) is 17.4 Å². The Bertz CT molecular complexity index is 559. The lowest BCUT2D eigenvalue weighted by molar-refractivity contribution is -0.130. The number of carbonyl (C=O) groups excluding carboxylic acids is 3. The Morgan fingerprint density at radius 1 is 1.22 bits per heavy atom. The predicted molar refractivity (Wildman–Crippen MR) is 84.2 cm³/mol. The van der Waals surface area contributed by atoms with Crippen molar-refractivity contribution in [3.05, 3.63) is 29.8 Å². The number of ether oxygens (including phenoxy) is 2. The van der Waals surface area contributed by atoms with E-state index in [4.69, 9.17) is 9.47 Å². The monoisotopic (exact) mass is 322 g/mol. The molecule has 0 aromatic heterocycles. The fourth-order valence-corrected chi connectivity index (χ4v) is 1.77. The maximum atomic E-state index is 11.9. The second-order valence-electron chi connectivity index (χ2n) is 4.86. The van der Waals surface area contributed by atoms with E-state index in [0.717, 1.165) is 6.42 Å². The molecule has 0 saturated carbocycles. The molecule has 0 radical (unpaired) electrons. The number of rotatable bonds is 8. The van der Waals surface area contributed by atoms with Gasteiger partial charge in [0, 0.05) is 6.54 Å². The second kappa shape index (κ2) is 9.45. The number of nitrogens with one attached hydrogen (secondary N) is 2. The smallest absolute Gasteiger partial charge is 0.342 e. The molecule has 1 rings (SSSR count). The van der Waals surface area contributed by atoms with E-state index in [2.05, 4.69) is 10.6 Å². The van der Waals surface area contributed by atoms with Crippen molar-refractivity contribution < 1.29 is 23.9 Å². The van der Waals surface area contributed by atoms with Crippen LogP contribution in [0.15, 0.2) is 24.3 Å². The first-order valence-electron chi connectivity index (χ1n) is 7.36. The van der Waals surface area contributed by atoms with Crippen LogP contribution in [-0.2, 0) is 14.3 Å². The summed E-state index contributed by atoms with van der Waals surface area (Å²) >= 11 is 0. The predicted octanol–water partition coefficient (Wildman–Crippen LogP) is 0.883. The molecule has 0 aliphatic heterocycles. The number of amides is 2. The Kier molecular flexibility index (Phi) is 7.59. The van der Waals surface area contributed by atoms with Gasteiger partial charge in [-0.15, -0.1) is 0 Å². The molecule has 7 heteroatoms. The van der Waals surface area contributed by atoms with E-state index in [1.807, 2.05) is 6.92 Å². The van der Waals surface area contributed by atoms with E-state index in [0.29, 0.717) is 12.3 Å². The van der Waals surface area contributed by atoms with E-state index < -0.39 is 24.5 Å². The third-order valence-corrected chi connectivity index (χ3v) is 2.98. The van der Waals surface area contributed by atoms with Gasteiger partial charge in [-0.1, -0.05) is 19.1 Å². The van der Waals surface area contributed by atoms with Crippen molar-refractivity contribution in [3.63, 3.8) is 0 Å². The van der Waals surface area contributed by atoms with Gasteiger partial charge in [0.25, 0.3) is 5.91 Å². The fraction of sp³-hybridized carbons (Fsp3) is 0.438. The quantitative estimate of drug-likeness (QED) is 0.693. The average molecular weight is 322 g/mol. The van der Waals surface area contributed by atoms with E-state index >= 15 is 0 Å². The van der Waals surface area contributed by atoms with Gasteiger partial charge >= 0.3 is 5.97 Å². The third kappa shape index (κ3) is 5.98. The summed E-state index contributed by atoms with van der Waals surface area (Å²) in [6.45, 7) is 3.57. The summed E-state index contributed by atoms with van der Waals surface area (Å²) in [5.74, 6) is -1.13. The number of hydrogen-bond donors (Lipinski definition) is 2. The fourth-order valence-electron chi connectivity index (χ4n) is 1.77. The first-order chi connectivity index (χ1) is 11.0. The highest BCUT2D eigenvalue weighted by atomic mass is 16.5. The molecular formula is C16H22N2O5. The molecule has 0 heterocycles. The van der Waals surface area contributed by atoms with E-state index in [-0.39, 0.29) is 11.5 Å². The van der Waals surface area contributed by atoms with Gasteiger partial charge in [0.2, 0.25) is 5.91 Å². The van der Waals surface area contributed by atoms with Crippen molar-refractivity contribution in [3.8, 4) is 5.75 Å². The van der Waals surface area contributed by atoms with Gasteiger partial charge in [-0.25, -0.2) is 4.79 Å². The van der Waals surface area contributed by atoms with Crippen LogP contribution < -0.4 is 15.4 Å². The SMILES string of the molecule is CCCNC(=O)[C@@H](C)NC(=O)COC(=O)c1ccccc1OC. The number of esters is 1. The molecule has 1 aromatic carbocycles. The van der Waals surface area contributed by atoms with Crippen LogP contribution in [0, 0.1) is 0 Å². The third-order valence-electron chi connectivity index (χ3n) is 2.98. The second-order valence-corrected chi connectivity index (χ2v) is 4.86. The van der Waals surface area contributed by atoms with Crippen LogP contribution in [0.4, 0.5) is 0 Å². The van der Waals surface area contributed by atoms with Crippen molar-refractivity contribution in [2.24, 2.45) is 0 Å². The van der Waals surface area contributed by atoms with Crippen LogP contribution in [0.2, 0.25) is 0 Å². The molecule has 2 amide bonds. The zero-order valence-corrected chi connectivity index (χ0v) is 13.5. The Labute approximate surface area is 135 Å². The number of methoxy groups -OCH3 is 1. The van der Waals surface area contributed by atoms with Crippen molar-refractivity contribution in [1.29, 1.82) is 0 Å². The van der Waals surface area contributed by atoms with Gasteiger partial charge in [-0.05, 0) is 25.5 Å². The van der Waals surface area contributed by atoms with Crippen molar-refractivity contribution >= 4 is 17.8 Å². The van der Waals surface area contributed by atoms with Gasteiger partial charge < -0.3 is 20.1 Å². The van der Waals surface area contributed by atoms with Crippen molar-refractivity contribution in [1.82, 2.24) is 10.6 Å². The minimum Gasteiger partial charge on any atom is -0.496 e. The molecule has 1 aromatic rings. The maximum Gasteiger partial charge on any atom is 0.342 e. The molecule has 0 unspecified atom stereocenters. The van der Waals surface area contributed by atoms with E-state index in [1.54, 1.807) is 31.2 Å². The highest BCUT2D eigenvalue weighted by molar-refractivity contribution is 5.94.